The fourth-order valence-corrected chi connectivity index (χ4v) is 3.18. The first-order valence-electron chi connectivity index (χ1n) is 6.89. The maximum atomic E-state index is 4.46. The molecule has 1 unspecified atom stereocenters. The number of halogens is 1. The van der Waals surface area contributed by atoms with E-state index >= 15 is 0 Å². The molecule has 1 atom stereocenters. The smallest absolute Gasteiger partial charge is 0.0738 e. The molecule has 0 amide bonds. The number of nitrogens with zero attached hydrogens (tertiary/aromatic N) is 4. The Kier molecular flexibility index (Phi) is 3.82. The van der Waals surface area contributed by atoms with Crippen LogP contribution in [-0.4, -0.2) is 26.4 Å². The van der Waals surface area contributed by atoms with Gasteiger partial charge in [-0.2, -0.15) is 10.2 Å². The Bertz CT molecular complexity index is 774. The number of likely N-dealkylation sites (N-methyl/N-ethyl adjacent to an activating group) is 1. The van der Waals surface area contributed by atoms with Crippen molar-refractivity contribution in [1.29, 1.82) is 0 Å². The third kappa shape index (κ3) is 2.49. The van der Waals surface area contributed by atoms with Gasteiger partial charge in [0.2, 0.25) is 0 Å². The van der Waals surface area contributed by atoms with Gasteiger partial charge >= 0.3 is 0 Å². The Morgan fingerprint density at radius 3 is 2.86 bits per heavy atom. The molecule has 0 aliphatic heterocycles. The molecule has 21 heavy (non-hydrogen) atoms. The van der Waals surface area contributed by atoms with E-state index in [2.05, 4.69) is 37.5 Å². The average molecular weight is 348 g/mol. The minimum atomic E-state index is 0.191. The molecule has 3 rings (SSSR count). The van der Waals surface area contributed by atoms with E-state index < -0.39 is 0 Å². The first-order valence-corrected chi connectivity index (χ1v) is 7.68. The topological polar surface area (TPSA) is 47.2 Å². The summed E-state index contributed by atoms with van der Waals surface area (Å²) in [6, 6.07) is 6.31. The van der Waals surface area contributed by atoms with Crippen LogP contribution in [0.4, 0.5) is 0 Å². The number of hydrogen-bond donors (Lipinski definition) is 1. The largest absolute Gasteiger partial charge is 0.313 e. The van der Waals surface area contributed by atoms with E-state index in [0.717, 1.165) is 22.1 Å². The van der Waals surface area contributed by atoms with E-state index in [1.54, 1.807) is 0 Å². The number of rotatable bonds is 4. The lowest BCUT2D eigenvalue weighted by Gasteiger charge is -2.16. The van der Waals surface area contributed by atoms with Crippen molar-refractivity contribution in [2.75, 3.05) is 7.05 Å². The Morgan fingerprint density at radius 1 is 1.38 bits per heavy atom. The van der Waals surface area contributed by atoms with Gasteiger partial charge in [-0.25, -0.2) is 4.52 Å². The summed E-state index contributed by atoms with van der Waals surface area (Å²) < 4.78 is 4.93. The minimum Gasteiger partial charge on any atom is -0.313 e. The van der Waals surface area contributed by atoms with Crippen LogP contribution in [0.15, 0.2) is 35.1 Å². The quantitative estimate of drug-likeness (QED) is 0.789. The Morgan fingerprint density at radius 2 is 2.19 bits per heavy atom. The monoisotopic (exact) mass is 347 g/mol. The van der Waals surface area contributed by atoms with Gasteiger partial charge in [0, 0.05) is 31.3 Å². The molecule has 110 valence electrons. The van der Waals surface area contributed by atoms with Crippen molar-refractivity contribution in [1.82, 2.24) is 24.7 Å². The molecule has 0 bridgehead atoms. The van der Waals surface area contributed by atoms with Gasteiger partial charge in [-0.1, -0.05) is 6.07 Å². The van der Waals surface area contributed by atoms with Crippen molar-refractivity contribution in [2.45, 2.75) is 19.4 Å². The zero-order chi connectivity index (χ0) is 15.0. The molecule has 0 fully saturated rings. The van der Waals surface area contributed by atoms with Crippen LogP contribution >= 0.6 is 15.9 Å². The molecule has 0 radical (unpaired) electrons. The molecule has 5 nitrogen and oxygen atoms in total. The molecule has 0 aliphatic rings. The third-order valence-electron chi connectivity index (χ3n) is 3.84. The number of fused-ring (bicyclic) bond motifs is 1. The molecule has 0 saturated heterocycles. The van der Waals surface area contributed by atoms with E-state index in [1.807, 2.05) is 54.7 Å². The van der Waals surface area contributed by atoms with E-state index in [9.17, 15) is 0 Å². The van der Waals surface area contributed by atoms with Crippen LogP contribution in [0.5, 0.6) is 0 Å². The standard InChI is InChI=1S/C15H18BrN5/c1-10-15(16)14(20(3)19-10)8-12(17-2)11-9-18-21-7-5-4-6-13(11)21/h4-7,9,12,17H,8H2,1-3H3. The molecular formula is C15H18BrN5. The summed E-state index contributed by atoms with van der Waals surface area (Å²) >= 11 is 3.64. The number of aromatic nitrogens is 4. The van der Waals surface area contributed by atoms with Crippen LogP contribution in [-0.2, 0) is 13.5 Å². The molecule has 1 N–H and O–H groups in total. The summed E-state index contributed by atoms with van der Waals surface area (Å²) in [4.78, 5) is 0. The van der Waals surface area contributed by atoms with Crippen LogP contribution in [0, 0.1) is 6.92 Å². The Balaban J connectivity index is 1.99. The molecule has 3 heterocycles. The minimum absolute atomic E-state index is 0.191. The summed E-state index contributed by atoms with van der Waals surface area (Å²) in [5.74, 6) is 0. The van der Waals surface area contributed by atoms with Crippen molar-refractivity contribution >= 4 is 21.4 Å². The maximum Gasteiger partial charge on any atom is 0.0738 e. The van der Waals surface area contributed by atoms with E-state index in [0.29, 0.717) is 0 Å². The lowest BCUT2D eigenvalue weighted by Crippen LogP contribution is -2.20. The van der Waals surface area contributed by atoms with Gasteiger partial charge in [0.15, 0.2) is 0 Å². The van der Waals surface area contributed by atoms with Crippen LogP contribution < -0.4 is 5.32 Å². The zero-order valence-corrected chi connectivity index (χ0v) is 13.9. The highest BCUT2D eigenvalue weighted by atomic mass is 79.9. The van der Waals surface area contributed by atoms with Crippen molar-refractivity contribution in [3.05, 3.63) is 52.0 Å². The highest BCUT2D eigenvalue weighted by Crippen LogP contribution is 2.27. The lowest BCUT2D eigenvalue weighted by atomic mass is 10.0. The predicted octanol–water partition coefficient (Wildman–Crippen LogP) is 2.64. The highest BCUT2D eigenvalue weighted by Gasteiger charge is 2.19. The fraction of sp³-hybridized carbons (Fsp3) is 0.333. The van der Waals surface area contributed by atoms with Crippen molar-refractivity contribution in [3.63, 3.8) is 0 Å². The van der Waals surface area contributed by atoms with Gasteiger partial charge in [-0.3, -0.25) is 4.68 Å². The van der Waals surface area contributed by atoms with E-state index in [-0.39, 0.29) is 6.04 Å². The van der Waals surface area contributed by atoms with Gasteiger partial charge in [0.1, 0.15) is 0 Å². The first kappa shape index (κ1) is 14.3. The van der Waals surface area contributed by atoms with Crippen LogP contribution in [0.1, 0.15) is 23.0 Å². The summed E-state index contributed by atoms with van der Waals surface area (Å²) in [6.45, 7) is 2.01. The van der Waals surface area contributed by atoms with Gasteiger partial charge in [0.05, 0.1) is 27.6 Å². The SMILES string of the molecule is CNC(Cc1c(Br)c(C)nn1C)c1cnn2ccccc12. The van der Waals surface area contributed by atoms with Crippen LogP contribution in [0.3, 0.4) is 0 Å². The number of aryl methyl sites for hydroxylation is 2. The Labute approximate surface area is 132 Å². The fourth-order valence-electron chi connectivity index (χ4n) is 2.69. The molecule has 0 spiro atoms. The first-order chi connectivity index (χ1) is 10.1. The van der Waals surface area contributed by atoms with E-state index in [1.165, 1.54) is 11.3 Å². The van der Waals surface area contributed by atoms with Crippen LogP contribution in [0.2, 0.25) is 0 Å². The third-order valence-corrected chi connectivity index (χ3v) is 4.87. The molecule has 6 heteroatoms. The normalized spacial score (nSPS) is 13.0. The summed E-state index contributed by atoms with van der Waals surface area (Å²) in [6.07, 6.45) is 4.76. The molecule has 0 saturated carbocycles. The zero-order valence-electron chi connectivity index (χ0n) is 12.3. The number of pyridine rings is 1. The maximum absolute atomic E-state index is 4.46. The summed E-state index contributed by atoms with van der Waals surface area (Å²) in [7, 11) is 3.96. The van der Waals surface area contributed by atoms with Crippen molar-refractivity contribution in [3.8, 4) is 0 Å². The summed E-state index contributed by atoms with van der Waals surface area (Å²) in [5, 5.41) is 12.3. The second-order valence-electron chi connectivity index (χ2n) is 5.15. The van der Waals surface area contributed by atoms with Crippen molar-refractivity contribution < 1.29 is 0 Å². The average Bonchev–Trinajstić information content (AvgIpc) is 3.00. The highest BCUT2D eigenvalue weighted by molar-refractivity contribution is 9.10. The second kappa shape index (κ2) is 5.61. The number of nitrogens with one attached hydrogen (secondary N) is 1. The Hall–Kier alpha value is -1.66. The van der Waals surface area contributed by atoms with E-state index in [4.69, 9.17) is 0 Å². The predicted molar refractivity (Wildman–Crippen MR) is 86.3 cm³/mol. The van der Waals surface area contributed by atoms with Crippen molar-refractivity contribution in [2.24, 2.45) is 7.05 Å². The lowest BCUT2D eigenvalue weighted by molar-refractivity contribution is 0.563. The van der Waals surface area contributed by atoms with Gasteiger partial charge < -0.3 is 5.32 Å². The number of hydrogen-bond acceptors (Lipinski definition) is 3. The molecule has 3 aromatic heterocycles. The molecule has 0 aromatic carbocycles. The van der Waals surface area contributed by atoms with Gasteiger partial charge in [-0.05, 0) is 42.0 Å². The second-order valence-corrected chi connectivity index (χ2v) is 5.94. The molecular weight excluding hydrogens is 330 g/mol. The van der Waals surface area contributed by atoms with Gasteiger partial charge in [0.25, 0.3) is 0 Å². The van der Waals surface area contributed by atoms with Gasteiger partial charge in [-0.15, -0.1) is 0 Å². The van der Waals surface area contributed by atoms with Crippen LogP contribution in [0.25, 0.3) is 5.52 Å². The summed E-state index contributed by atoms with van der Waals surface area (Å²) in [5.41, 5.74) is 4.53. The molecule has 3 aromatic rings. The molecule has 0 aliphatic carbocycles.